The predicted octanol–water partition coefficient (Wildman–Crippen LogP) is 2.42. The maximum atomic E-state index is 11.8. The molecule has 2 bridgehead atoms. The molecule has 2 aliphatic rings. The Labute approximate surface area is 98.9 Å². The van der Waals surface area contributed by atoms with Gasteiger partial charge in [-0.15, -0.1) is 0 Å². The monoisotopic (exact) mass is 235 g/mol. The average molecular weight is 235 g/mol. The van der Waals surface area contributed by atoms with Gasteiger partial charge in [0.15, 0.2) is 0 Å². The second kappa shape index (κ2) is 3.33. The van der Waals surface area contributed by atoms with Crippen molar-refractivity contribution in [2.75, 3.05) is 16.8 Å². The molecule has 0 spiro atoms. The third-order valence-electron chi connectivity index (χ3n) is 3.65. The van der Waals surface area contributed by atoms with Crippen molar-refractivity contribution in [1.29, 1.82) is 0 Å². The zero-order valence-corrected chi connectivity index (χ0v) is 10.6. The third kappa shape index (κ3) is 1.58. The summed E-state index contributed by atoms with van der Waals surface area (Å²) in [4.78, 5) is 0. The van der Waals surface area contributed by atoms with Crippen molar-refractivity contribution in [2.24, 2.45) is 0 Å². The fraction of sp³-hybridized carbons (Fsp3) is 0.538. The van der Waals surface area contributed by atoms with Crippen LogP contribution in [-0.4, -0.2) is 21.3 Å². The number of nitrogens with one attached hydrogen (secondary N) is 1. The molecule has 2 heterocycles. The van der Waals surface area contributed by atoms with Crippen molar-refractivity contribution >= 4 is 16.5 Å². The van der Waals surface area contributed by atoms with Gasteiger partial charge in [-0.05, 0) is 37.8 Å². The minimum atomic E-state index is -0.665. The SMILES string of the molecule is Cc1ccc2c(c1)C1CS(=O)CC(C)(C1)N2. The van der Waals surface area contributed by atoms with Gasteiger partial charge in [0.05, 0.1) is 0 Å². The summed E-state index contributed by atoms with van der Waals surface area (Å²) in [5, 5.41) is 3.57. The maximum Gasteiger partial charge on any atom is 0.0466 e. The predicted molar refractivity (Wildman–Crippen MR) is 68.4 cm³/mol. The largest absolute Gasteiger partial charge is 0.379 e. The molecule has 0 aromatic heterocycles. The summed E-state index contributed by atoms with van der Waals surface area (Å²) in [7, 11) is -0.665. The maximum absolute atomic E-state index is 11.8. The smallest absolute Gasteiger partial charge is 0.0466 e. The number of rotatable bonds is 0. The van der Waals surface area contributed by atoms with Gasteiger partial charge in [0.25, 0.3) is 0 Å². The van der Waals surface area contributed by atoms with E-state index in [4.69, 9.17) is 0 Å². The van der Waals surface area contributed by atoms with Crippen LogP contribution < -0.4 is 5.32 Å². The second-order valence-corrected chi connectivity index (χ2v) is 6.93. The Morgan fingerprint density at radius 1 is 1.50 bits per heavy atom. The Hall–Kier alpha value is -0.830. The summed E-state index contributed by atoms with van der Waals surface area (Å²) < 4.78 is 11.8. The van der Waals surface area contributed by atoms with E-state index in [1.54, 1.807) is 0 Å². The third-order valence-corrected chi connectivity index (χ3v) is 5.38. The molecular weight excluding hydrogens is 218 g/mol. The summed E-state index contributed by atoms with van der Waals surface area (Å²) in [6.45, 7) is 4.31. The summed E-state index contributed by atoms with van der Waals surface area (Å²) >= 11 is 0. The van der Waals surface area contributed by atoms with E-state index >= 15 is 0 Å². The van der Waals surface area contributed by atoms with Crippen LogP contribution in [0.15, 0.2) is 18.2 Å². The van der Waals surface area contributed by atoms with Crippen LogP contribution in [0.5, 0.6) is 0 Å². The topological polar surface area (TPSA) is 29.1 Å². The van der Waals surface area contributed by atoms with Gasteiger partial charge in [-0.3, -0.25) is 4.21 Å². The second-order valence-electron chi connectivity index (χ2n) is 5.43. The lowest BCUT2D eigenvalue weighted by atomic mass is 9.81. The van der Waals surface area contributed by atoms with Gasteiger partial charge in [0.2, 0.25) is 0 Å². The van der Waals surface area contributed by atoms with E-state index in [0.717, 1.165) is 17.9 Å². The highest BCUT2D eigenvalue weighted by Crippen LogP contribution is 2.43. The Morgan fingerprint density at radius 2 is 2.31 bits per heavy atom. The lowest BCUT2D eigenvalue weighted by Crippen LogP contribution is -2.49. The van der Waals surface area contributed by atoms with Gasteiger partial charge in [-0.25, -0.2) is 0 Å². The zero-order chi connectivity index (χ0) is 11.3. The molecule has 3 heteroatoms. The first-order chi connectivity index (χ1) is 7.56. The highest BCUT2D eigenvalue weighted by Gasteiger charge is 2.41. The van der Waals surface area contributed by atoms with E-state index in [1.165, 1.54) is 16.8 Å². The molecule has 0 radical (unpaired) electrons. The molecule has 3 atom stereocenters. The number of hydrogen-bond donors (Lipinski definition) is 1. The summed E-state index contributed by atoms with van der Waals surface area (Å²) in [6, 6.07) is 6.56. The quantitative estimate of drug-likeness (QED) is 0.748. The van der Waals surface area contributed by atoms with Gasteiger partial charge < -0.3 is 5.32 Å². The van der Waals surface area contributed by atoms with Gasteiger partial charge in [0.1, 0.15) is 0 Å². The molecule has 3 unspecified atom stereocenters. The van der Waals surface area contributed by atoms with Crippen molar-refractivity contribution in [3.63, 3.8) is 0 Å². The molecule has 2 nitrogen and oxygen atoms in total. The zero-order valence-electron chi connectivity index (χ0n) is 9.75. The Kier molecular flexibility index (Phi) is 2.15. The van der Waals surface area contributed by atoms with E-state index < -0.39 is 10.8 Å². The highest BCUT2D eigenvalue weighted by atomic mass is 32.2. The van der Waals surface area contributed by atoms with E-state index in [1.807, 2.05) is 0 Å². The van der Waals surface area contributed by atoms with Crippen LogP contribution in [-0.2, 0) is 10.8 Å². The van der Waals surface area contributed by atoms with Crippen LogP contribution in [0.4, 0.5) is 5.69 Å². The average Bonchev–Trinajstić information content (AvgIpc) is 2.17. The van der Waals surface area contributed by atoms with Gasteiger partial charge >= 0.3 is 0 Å². The molecule has 0 saturated carbocycles. The Bertz CT molecular complexity index is 471. The summed E-state index contributed by atoms with van der Waals surface area (Å²) in [6.07, 6.45) is 1.12. The lowest BCUT2D eigenvalue weighted by molar-refractivity contribution is 0.441. The summed E-state index contributed by atoms with van der Waals surface area (Å²) in [5.41, 5.74) is 3.95. The van der Waals surface area contributed by atoms with E-state index in [9.17, 15) is 4.21 Å². The first-order valence-corrected chi connectivity index (χ1v) is 7.28. The van der Waals surface area contributed by atoms with Crippen molar-refractivity contribution in [3.05, 3.63) is 29.3 Å². The molecule has 0 amide bonds. The Morgan fingerprint density at radius 3 is 3.12 bits per heavy atom. The number of fused-ring (bicyclic) bond motifs is 4. The highest BCUT2D eigenvalue weighted by molar-refractivity contribution is 7.85. The van der Waals surface area contributed by atoms with Crippen LogP contribution in [0.25, 0.3) is 0 Å². The first-order valence-electron chi connectivity index (χ1n) is 5.79. The molecule has 0 aliphatic carbocycles. The Balaban J connectivity index is 2.10. The normalized spacial score (nSPS) is 36.4. The number of anilines is 1. The van der Waals surface area contributed by atoms with Crippen LogP contribution in [0.3, 0.4) is 0 Å². The molecule has 1 aromatic carbocycles. The minimum absolute atomic E-state index is 0.0377. The molecule has 1 aromatic rings. The van der Waals surface area contributed by atoms with Crippen LogP contribution in [0, 0.1) is 6.92 Å². The number of benzene rings is 1. The lowest BCUT2D eigenvalue weighted by Gasteiger charge is -2.44. The van der Waals surface area contributed by atoms with Crippen molar-refractivity contribution < 1.29 is 4.21 Å². The molecule has 1 saturated heterocycles. The number of aryl methyl sites for hydroxylation is 1. The first kappa shape index (κ1) is 10.3. The van der Waals surface area contributed by atoms with E-state index in [-0.39, 0.29) is 5.54 Å². The molecule has 3 rings (SSSR count). The molecule has 2 aliphatic heterocycles. The van der Waals surface area contributed by atoms with Crippen molar-refractivity contribution in [1.82, 2.24) is 0 Å². The van der Waals surface area contributed by atoms with E-state index in [0.29, 0.717) is 5.92 Å². The molecule has 86 valence electrons. The number of hydrogen-bond acceptors (Lipinski definition) is 2. The fourth-order valence-electron chi connectivity index (χ4n) is 3.05. The molecule has 1 fully saturated rings. The van der Waals surface area contributed by atoms with Gasteiger partial charge in [0, 0.05) is 33.5 Å². The molecular formula is C13H17NOS. The standard InChI is InChI=1S/C13H17NOS/c1-9-3-4-12-11(5-9)10-6-13(2,14-12)8-16(15)7-10/h3-5,10,14H,6-8H2,1-2H3. The fourth-order valence-corrected chi connectivity index (χ4v) is 4.81. The minimum Gasteiger partial charge on any atom is -0.379 e. The van der Waals surface area contributed by atoms with Crippen molar-refractivity contribution in [2.45, 2.75) is 31.7 Å². The van der Waals surface area contributed by atoms with Gasteiger partial charge in [-0.1, -0.05) is 17.7 Å². The van der Waals surface area contributed by atoms with Gasteiger partial charge in [-0.2, -0.15) is 0 Å². The molecule has 1 N–H and O–H groups in total. The van der Waals surface area contributed by atoms with Crippen LogP contribution in [0.1, 0.15) is 30.4 Å². The van der Waals surface area contributed by atoms with E-state index in [2.05, 4.69) is 37.4 Å². The van der Waals surface area contributed by atoms with Crippen LogP contribution in [0.2, 0.25) is 0 Å². The molecule has 16 heavy (non-hydrogen) atoms. The summed E-state index contributed by atoms with van der Waals surface area (Å²) in [5.74, 6) is 2.11. The van der Waals surface area contributed by atoms with Crippen LogP contribution >= 0.6 is 0 Å². The van der Waals surface area contributed by atoms with Crippen molar-refractivity contribution in [3.8, 4) is 0 Å².